The van der Waals surface area contributed by atoms with Gasteiger partial charge in [0.25, 0.3) is 0 Å². The minimum Gasteiger partial charge on any atom is -0.391 e. The molecule has 0 aromatic rings. The lowest BCUT2D eigenvalue weighted by Gasteiger charge is -2.24. The highest BCUT2D eigenvalue weighted by Gasteiger charge is 2.22. The SMILES string of the molecule is CC(O)C(O)C(C)COCC(C)C(O)C(C)O. The van der Waals surface area contributed by atoms with E-state index in [1.807, 2.05) is 0 Å². The minimum atomic E-state index is -0.813. The van der Waals surface area contributed by atoms with Gasteiger partial charge in [0.05, 0.1) is 37.6 Å². The Labute approximate surface area is 103 Å². The molecular weight excluding hydrogens is 224 g/mol. The van der Waals surface area contributed by atoms with Crippen LogP contribution in [0, 0.1) is 11.8 Å². The van der Waals surface area contributed by atoms with Crippen molar-refractivity contribution >= 4 is 0 Å². The molecule has 0 aliphatic heterocycles. The van der Waals surface area contributed by atoms with E-state index in [1.54, 1.807) is 13.8 Å². The monoisotopic (exact) mass is 250 g/mol. The molecule has 17 heavy (non-hydrogen) atoms. The molecule has 0 aliphatic rings. The maximum atomic E-state index is 9.54. The third-order valence-corrected chi connectivity index (χ3v) is 2.92. The Morgan fingerprint density at radius 1 is 0.706 bits per heavy atom. The van der Waals surface area contributed by atoms with Gasteiger partial charge >= 0.3 is 0 Å². The summed E-state index contributed by atoms with van der Waals surface area (Å²) in [6.45, 7) is 7.24. The molecule has 104 valence electrons. The molecular formula is C12H26O5. The normalized spacial score (nSPS) is 22.6. The van der Waals surface area contributed by atoms with Crippen LogP contribution in [0.4, 0.5) is 0 Å². The summed E-state index contributed by atoms with van der Waals surface area (Å²) < 4.78 is 5.36. The Kier molecular flexibility index (Phi) is 7.91. The van der Waals surface area contributed by atoms with Crippen LogP contribution in [0.25, 0.3) is 0 Å². The van der Waals surface area contributed by atoms with Gasteiger partial charge in [0.15, 0.2) is 0 Å². The summed E-state index contributed by atoms with van der Waals surface area (Å²) >= 11 is 0. The first-order chi connectivity index (χ1) is 7.77. The van der Waals surface area contributed by atoms with Crippen molar-refractivity contribution in [1.29, 1.82) is 0 Å². The van der Waals surface area contributed by atoms with Crippen LogP contribution in [-0.2, 0) is 4.74 Å². The van der Waals surface area contributed by atoms with Crippen LogP contribution in [0.5, 0.6) is 0 Å². The van der Waals surface area contributed by atoms with E-state index in [1.165, 1.54) is 13.8 Å². The average molecular weight is 250 g/mol. The van der Waals surface area contributed by atoms with Gasteiger partial charge in [0.2, 0.25) is 0 Å². The smallest absolute Gasteiger partial charge is 0.0843 e. The van der Waals surface area contributed by atoms with Crippen molar-refractivity contribution in [2.75, 3.05) is 13.2 Å². The third kappa shape index (κ3) is 6.33. The Morgan fingerprint density at radius 2 is 1.00 bits per heavy atom. The topological polar surface area (TPSA) is 90.2 Å². The van der Waals surface area contributed by atoms with Gasteiger partial charge in [-0.15, -0.1) is 0 Å². The van der Waals surface area contributed by atoms with Crippen LogP contribution in [0.3, 0.4) is 0 Å². The van der Waals surface area contributed by atoms with E-state index >= 15 is 0 Å². The quantitative estimate of drug-likeness (QED) is 0.477. The van der Waals surface area contributed by atoms with Crippen LogP contribution in [0.2, 0.25) is 0 Å². The molecule has 0 fully saturated rings. The number of ether oxygens (including phenoxy) is 1. The van der Waals surface area contributed by atoms with E-state index in [2.05, 4.69) is 0 Å². The molecule has 0 radical (unpaired) electrons. The molecule has 6 unspecified atom stereocenters. The van der Waals surface area contributed by atoms with Gasteiger partial charge in [-0.05, 0) is 13.8 Å². The van der Waals surface area contributed by atoms with Crippen LogP contribution in [-0.4, -0.2) is 58.1 Å². The second-order valence-electron chi connectivity index (χ2n) is 4.95. The standard InChI is InChI=1S/C12H26O5/c1-7(11(15)9(3)13)5-17-6-8(2)12(16)10(4)14/h7-16H,5-6H2,1-4H3. The Bertz CT molecular complexity index is 175. The van der Waals surface area contributed by atoms with E-state index in [-0.39, 0.29) is 11.8 Å². The summed E-state index contributed by atoms with van der Waals surface area (Å²) in [4.78, 5) is 0. The molecule has 0 heterocycles. The second kappa shape index (κ2) is 8.00. The van der Waals surface area contributed by atoms with Crippen LogP contribution in [0.15, 0.2) is 0 Å². The Balaban J connectivity index is 3.84. The predicted octanol–water partition coefficient (Wildman–Crippen LogP) is -0.241. The highest BCUT2D eigenvalue weighted by atomic mass is 16.5. The maximum absolute atomic E-state index is 9.54. The molecule has 0 aliphatic carbocycles. The number of hydrogen-bond acceptors (Lipinski definition) is 5. The molecule has 0 aromatic heterocycles. The van der Waals surface area contributed by atoms with Crippen molar-refractivity contribution in [2.24, 2.45) is 11.8 Å². The fraction of sp³-hybridized carbons (Fsp3) is 1.00. The van der Waals surface area contributed by atoms with E-state index in [4.69, 9.17) is 4.74 Å². The number of rotatable bonds is 8. The van der Waals surface area contributed by atoms with Gasteiger partial charge in [-0.1, -0.05) is 13.8 Å². The van der Waals surface area contributed by atoms with Crippen LogP contribution >= 0.6 is 0 Å². The fourth-order valence-electron chi connectivity index (χ4n) is 1.59. The lowest BCUT2D eigenvalue weighted by molar-refractivity contribution is -0.0570. The molecule has 6 atom stereocenters. The molecule has 5 nitrogen and oxygen atoms in total. The summed E-state index contributed by atoms with van der Waals surface area (Å²) in [5, 5.41) is 37.4. The molecule has 0 rings (SSSR count). The van der Waals surface area contributed by atoms with Crippen molar-refractivity contribution in [3.8, 4) is 0 Å². The van der Waals surface area contributed by atoms with Crippen molar-refractivity contribution in [1.82, 2.24) is 0 Å². The first kappa shape index (κ1) is 16.8. The van der Waals surface area contributed by atoms with E-state index in [0.717, 1.165) is 0 Å². The third-order valence-electron chi connectivity index (χ3n) is 2.92. The van der Waals surface area contributed by atoms with Gasteiger partial charge in [-0.2, -0.15) is 0 Å². The molecule has 4 N–H and O–H groups in total. The van der Waals surface area contributed by atoms with Gasteiger partial charge < -0.3 is 25.2 Å². The lowest BCUT2D eigenvalue weighted by Crippen LogP contribution is -2.35. The van der Waals surface area contributed by atoms with Crippen LogP contribution in [0.1, 0.15) is 27.7 Å². The van der Waals surface area contributed by atoms with Gasteiger partial charge in [0.1, 0.15) is 0 Å². The van der Waals surface area contributed by atoms with E-state index in [9.17, 15) is 20.4 Å². The summed E-state index contributed by atoms with van der Waals surface area (Å²) in [6.07, 6.45) is -3.19. The maximum Gasteiger partial charge on any atom is 0.0843 e. The summed E-state index contributed by atoms with van der Waals surface area (Å²) in [6, 6.07) is 0. The number of aliphatic hydroxyl groups is 4. The minimum absolute atomic E-state index is 0.175. The molecule has 0 aromatic carbocycles. The first-order valence-corrected chi connectivity index (χ1v) is 6.07. The summed E-state index contributed by atoms with van der Waals surface area (Å²) in [5.41, 5.74) is 0. The molecule has 5 heteroatoms. The van der Waals surface area contributed by atoms with Gasteiger partial charge in [-0.3, -0.25) is 0 Å². The highest BCUT2D eigenvalue weighted by molar-refractivity contribution is 4.71. The Morgan fingerprint density at radius 3 is 1.24 bits per heavy atom. The van der Waals surface area contributed by atoms with Gasteiger partial charge in [-0.25, -0.2) is 0 Å². The molecule has 0 amide bonds. The zero-order chi connectivity index (χ0) is 13.6. The largest absolute Gasteiger partial charge is 0.391 e. The van der Waals surface area contributed by atoms with Crippen LogP contribution < -0.4 is 0 Å². The first-order valence-electron chi connectivity index (χ1n) is 6.07. The zero-order valence-corrected chi connectivity index (χ0v) is 11.1. The average Bonchev–Trinajstić information content (AvgIpc) is 2.26. The number of aliphatic hydroxyl groups excluding tert-OH is 4. The Hall–Kier alpha value is -0.200. The molecule has 0 saturated carbocycles. The van der Waals surface area contributed by atoms with Crippen molar-refractivity contribution in [3.05, 3.63) is 0 Å². The van der Waals surface area contributed by atoms with E-state index in [0.29, 0.717) is 13.2 Å². The summed E-state index contributed by atoms with van der Waals surface area (Å²) in [5.74, 6) is -0.350. The van der Waals surface area contributed by atoms with Crippen molar-refractivity contribution < 1.29 is 25.2 Å². The molecule has 0 bridgehead atoms. The zero-order valence-electron chi connectivity index (χ0n) is 11.1. The molecule has 0 spiro atoms. The highest BCUT2D eigenvalue weighted by Crippen LogP contribution is 2.11. The lowest BCUT2D eigenvalue weighted by atomic mass is 10.0. The summed E-state index contributed by atoms with van der Waals surface area (Å²) in [7, 11) is 0. The van der Waals surface area contributed by atoms with E-state index < -0.39 is 24.4 Å². The fourth-order valence-corrected chi connectivity index (χ4v) is 1.59. The predicted molar refractivity (Wildman–Crippen MR) is 64.5 cm³/mol. The molecule has 0 saturated heterocycles. The second-order valence-corrected chi connectivity index (χ2v) is 4.95. The number of hydrogen-bond donors (Lipinski definition) is 4. The van der Waals surface area contributed by atoms with Crippen molar-refractivity contribution in [3.63, 3.8) is 0 Å². The van der Waals surface area contributed by atoms with Crippen molar-refractivity contribution in [2.45, 2.75) is 52.1 Å². The van der Waals surface area contributed by atoms with Gasteiger partial charge in [0, 0.05) is 11.8 Å².